The van der Waals surface area contributed by atoms with Crippen molar-refractivity contribution in [2.75, 3.05) is 46.8 Å². The van der Waals surface area contributed by atoms with Crippen molar-refractivity contribution in [1.29, 1.82) is 0 Å². The molecule has 1 aromatic carbocycles. The second-order valence-corrected chi connectivity index (χ2v) is 8.12. The van der Waals surface area contributed by atoms with Gasteiger partial charge in [0.1, 0.15) is 12.3 Å². The molecule has 1 amide bonds. The van der Waals surface area contributed by atoms with E-state index in [0.29, 0.717) is 12.5 Å². The van der Waals surface area contributed by atoms with E-state index in [1.165, 1.54) is 24.8 Å². The Labute approximate surface area is 208 Å². The van der Waals surface area contributed by atoms with E-state index >= 15 is 0 Å². The molecule has 0 bridgehead atoms. The molecule has 1 aromatic heterocycles. The van der Waals surface area contributed by atoms with Crippen LogP contribution in [0.25, 0.3) is 0 Å². The van der Waals surface area contributed by atoms with Crippen LogP contribution in [0.4, 0.5) is 0 Å². The van der Waals surface area contributed by atoms with Crippen LogP contribution in [0.2, 0.25) is 0 Å². The molecule has 1 unspecified atom stereocenters. The zero-order valence-electron chi connectivity index (χ0n) is 19.1. The zero-order chi connectivity index (χ0) is 21.9. The van der Waals surface area contributed by atoms with Gasteiger partial charge in [-0.3, -0.25) is 9.69 Å². The van der Waals surface area contributed by atoms with Gasteiger partial charge in [0, 0.05) is 27.2 Å². The van der Waals surface area contributed by atoms with Crippen molar-refractivity contribution in [2.45, 2.75) is 31.7 Å². The molecule has 2 aromatic rings. The Morgan fingerprint density at radius 2 is 1.84 bits per heavy atom. The lowest BCUT2D eigenvalue weighted by molar-refractivity contribution is -0.127. The Morgan fingerprint density at radius 3 is 2.50 bits per heavy atom. The van der Waals surface area contributed by atoms with E-state index in [4.69, 9.17) is 4.42 Å². The molecule has 0 spiro atoms. The number of carbonyl (C=O) groups is 1. The maximum atomic E-state index is 12.1. The van der Waals surface area contributed by atoms with E-state index in [1.807, 2.05) is 30.3 Å². The van der Waals surface area contributed by atoms with Gasteiger partial charge in [0.2, 0.25) is 5.91 Å². The van der Waals surface area contributed by atoms with E-state index in [2.05, 4.69) is 32.7 Å². The number of amides is 1. The minimum Gasteiger partial charge on any atom is -0.468 e. The summed E-state index contributed by atoms with van der Waals surface area (Å²) in [6.45, 7) is 3.66. The molecule has 3 rings (SSSR count). The van der Waals surface area contributed by atoms with Crippen LogP contribution >= 0.6 is 24.0 Å². The second-order valence-electron chi connectivity index (χ2n) is 8.12. The van der Waals surface area contributed by atoms with Gasteiger partial charge in [-0.15, -0.1) is 24.0 Å². The van der Waals surface area contributed by atoms with Crippen molar-refractivity contribution in [1.82, 2.24) is 20.4 Å². The first kappa shape index (κ1) is 26.2. The standard InChI is InChI=1S/C24H35N5O2.HI/c1-28(2)23(30)19-27-24(25-14-13-20-10-5-3-6-11-20)26-18-21(22-12-9-17-31-22)29-15-7-4-8-16-29;/h3,5-6,9-12,17,21H,4,7-8,13-16,18-19H2,1-2H3,(H2,25,26,27);1H. The Kier molecular flexibility index (Phi) is 11.6. The number of hydrogen-bond acceptors (Lipinski definition) is 4. The summed E-state index contributed by atoms with van der Waals surface area (Å²) >= 11 is 0. The predicted molar refractivity (Wildman–Crippen MR) is 139 cm³/mol. The van der Waals surface area contributed by atoms with Crippen LogP contribution in [0.15, 0.2) is 58.1 Å². The molecule has 0 radical (unpaired) electrons. The fourth-order valence-electron chi connectivity index (χ4n) is 3.75. The summed E-state index contributed by atoms with van der Waals surface area (Å²) in [5, 5.41) is 6.84. The van der Waals surface area contributed by atoms with Crippen molar-refractivity contribution in [3.05, 3.63) is 60.1 Å². The van der Waals surface area contributed by atoms with Crippen LogP contribution in [0.1, 0.15) is 36.6 Å². The van der Waals surface area contributed by atoms with Gasteiger partial charge in [0.25, 0.3) is 0 Å². The Bertz CT molecular complexity index is 805. The van der Waals surface area contributed by atoms with Crippen molar-refractivity contribution < 1.29 is 9.21 Å². The first-order valence-electron chi connectivity index (χ1n) is 11.2. The van der Waals surface area contributed by atoms with Gasteiger partial charge in [-0.05, 0) is 50.0 Å². The quantitative estimate of drug-likeness (QED) is 0.284. The van der Waals surface area contributed by atoms with Crippen LogP contribution in [-0.4, -0.2) is 68.5 Å². The Hall–Kier alpha value is -2.07. The molecule has 1 aliphatic rings. The highest BCUT2D eigenvalue weighted by Gasteiger charge is 2.24. The van der Waals surface area contributed by atoms with Gasteiger partial charge in [-0.1, -0.05) is 36.8 Å². The van der Waals surface area contributed by atoms with Crippen molar-refractivity contribution in [3.63, 3.8) is 0 Å². The highest BCUT2D eigenvalue weighted by molar-refractivity contribution is 14.0. The lowest BCUT2D eigenvalue weighted by Gasteiger charge is -2.33. The first-order valence-corrected chi connectivity index (χ1v) is 11.2. The lowest BCUT2D eigenvalue weighted by Crippen LogP contribution is -2.45. The number of carbonyl (C=O) groups excluding carboxylic acids is 1. The van der Waals surface area contributed by atoms with E-state index in [-0.39, 0.29) is 42.5 Å². The normalized spacial score (nSPS) is 15.5. The van der Waals surface area contributed by atoms with E-state index in [0.717, 1.165) is 31.8 Å². The molecule has 1 saturated heterocycles. The molecule has 1 aliphatic heterocycles. The van der Waals surface area contributed by atoms with Crippen molar-refractivity contribution in [2.24, 2.45) is 4.99 Å². The van der Waals surface area contributed by atoms with Gasteiger partial charge in [-0.25, -0.2) is 4.99 Å². The van der Waals surface area contributed by atoms with Gasteiger partial charge >= 0.3 is 0 Å². The van der Waals surface area contributed by atoms with E-state index in [9.17, 15) is 4.79 Å². The summed E-state index contributed by atoms with van der Waals surface area (Å²) in [6, 6.07) is 14.5. The summed E-state index contributed by atoms with van der Waals surface area (Å²) in [7, 11) is 3.49. The molecule has 1 atom stereocenters. The van der Waals surface area contributed by atoms with E-state index in [1.54, 1.807) is 25.3 Å². The number of aliphatic imine (C=N–C) groups is 1. The van der Waals surface area contributed by atoms with Crippen LogP contribution < -0.4 is 10.6 Å². The third-order valence-electron chi connectivity index (χ3n) is 5.59. The molecular weight excluding hydrogens is 517 g/mol. The smallest absolute Gasteiger partial charge is 0.243 e. The molecule has 7 nitrogen and oxygen atoms in total. The van der Waals surface area contributed by atoms with Gasteiger partial charge in [0.15, 0.2) is 5.96 Å². The van der Waals surface area contributed by atoms with Crippen LogP contribution in [0, 0.1) is 0 Å². The number of likely N-dealkylation sites (tertiary alicyclic amines) is 1. The zero-order valence-corrected chi connectivity index (χ0v) is 21.5. The summed E-state index contributed by atoms with van der Waals surface area (Å²) in [4.78, 5) is 20.6. The number of guanidine groups is 1. The van der Waals surface area contributed by atoms with E-state index < -0.39 is 0 Å². The monoisotopic (exact) mass is 553 g/mol. The highest BCUT2D eigenvalue weighted by atomic mass is 127. The molecule has 2 N–H and O–H groups in total. The maximum absolute atomic E-state index is 12.1. The average Bonchev–Trinajstić information content (AvgIpc) is 3.33. The number of likely N-dealkylation sites (N-methyl/N-ethyl adjacent to an activating group) is 1. The fourth-order valence-corrected chi connectivity index (χ4v) is 3.75. The largest absolute Gasteiger partial charge is 0.468 e. The number of nitrogens with one attached hydrogen (secondary N) is 2. The third-order valence-corrected chi connectivity index (χ3v) is 5.59. The molecule has 176 valence electrons. The second kappa shape index (κ2) is 14.2. The highest BCUT2D eigenvalue weighted by Crippen LogP contribution is 2.24. The number of halogens is 1. The molecule has 8 heteroatoms. The van der Waals surface area contributed by atoms with Gasteiger partial charge in [-0.2, -0.15) is 0 Å². The van der Waals surface area contributed by atoms with Crippen molar-refractivity contribution in [3.8, 4) is 0 Å². The number of hydrogen-bond donors (Lipinski definition) is 2. The average molecular weight is 553 g/mol. The number of rotatable bonds is 9. The topological polar surface area (TPSA) is 73.1 Å². The molecule has 0 aliphatic carbocycles. The minimum atomic E-state index is -0.0252. The molecule has 0 saturated carbocycles. The van der Waals surface area contributed by atoms with Crippen LogP contribution in [0.3, 0.4) is 0 Å². The number of nitrogens with zero attached hydrogens (tertiary/aromatic N) is 3. The minimum absolute atomic E-state index is 0. The SMILES string of the molecule is CN(C)C(=O)CN=C(NCCc1ccccc1)NCC(c1ccco1)N1CCCCC1.I. The predicted octanol–water partition coefficient (Wildman–Crippen LogP) is 3.29. The van der Waals surface area contributed by atoms with Gasteiger partial charge in [0.05, 0.1) is 12.3 Å². The number of furan rings is 1. The molecule has 2 heterocycles. The maximum Gasteiger partial charge on any atom is 0.243 e. The molecular formula is C24H36IN5O2. The Morgan fingerprint density at radius 1 is 1.09 bits per heavy atom. The third kappa shape index (κ3) is 8.46. The summed E-state index contributed by atoms with van der Waals surface area (Å²) in [6.07, 6.45) is 6.33. The Balaban J connectivity index is 0.00000363. The number of benzene rings is 1. The molecule has 1 fully saturated rings. The fraction of sp³-hybridized carbons (Fsp3) is 0.500. The van der Waals surface area contributed by atoms with Crippen molar-refractivity contribution >= 4 is 35.8 Å². The number of piperidine rings is 1. The summed E-state index contributed by atoms with van der Waals surface area (Å²) in [5.74, 6) is 1.59. The summed E-state index contributed by atoms with van der Waals surface area (Å²) in [5.41, 5.74) is 1.26. The van der Waals surface area contributed by atoms with Crippen LogP contribution in [-0.2, 0) is 11.2 Å². The van der Waals surface area contributed by atoms with Gasteiger partial charge < -0.3 is 20.0 Å². The van der Waals surface area contributed by atoms with Crippen LogP contribution in [0.5, 0.6) is 0 Å². The first-order chi connectivity index (χ1) is 15.1. The molecule has 32 heavy (non-hydrogen) atoms. The lowest BCUT2D eigenvalue weighted by atomic mass is 10.1. The summed E-state index contributed by atoms with van der Waals surface area (Å²) < 4.78 is 5.75.